The summed E-state index contributed by atoms with van der Waals surface area (Å²) in [5.41, 5.74) is 4.65. The summed E-state index contributed by atoms with van der Waals surface area (Å²) in [4.78, 5) is 17.1. The van der Waals surface area contributed by atoms with E-state index in [1.54, 1.807) is 11.3 Å². The number of thiophene rings is 1. The summed E-state index contributed by atoms with van der Waals surface area (Å²) < 4.78 is 0. The van der Waals surface area contributed by atoms with Gasteiger partial charge >= 0.3 is 0 Å². The number of carbonyl (C=O) groups excluding carboxylic acids is 1. The number of benzene rings is 2. The summed E-state index contributed by atoms with van der Waals surface area (Å²) in [6.45, 7) is 0.708. The van der Waals surface area contributed by atoms with Crippen molar-refractivity contribution < 1.29 is 4.79 Å². The Balaban J connectivity index is 1.51. The lowest BCUT2D eigenvalue weighted by Gasteiger charge is -2.37. The van der Waals surface area contributed by atoms with Crippen molar-refractivity contribution >= 4 is 22.2 Å². The predicted molar refractivity (Wildman–Crippen MR) is 115 cm³/mol. The van der Waals surface area contributed by atoms with Gasteiger partial charge in [-0.05, 0) is 48.8 Å². The van der Waals surface area contributed by atoms with Gasteiger partial charge < -0.3 is 10.2 Å². The minimum absolute atomic E-state index is 0.106. The second-order valence-electron chi connectivity index (χ2n) is 7.61. The van der Waals surface area contributed by atoms with E-state index in [1.165, 1.54) is 28.8 Å². The molecule has 0 radical (unpaired) electrons. The maximum absolute atomic E-state index is 13.6. The maximum Gasteiger partial charge on any atom is 0.259 e. The summed E-state index contributed by atoms with van der Waals surface area (Å²) in [5, 5.41) is 4.78. The Hall–Kier alpha value is -2.59. The van der Waals surface area contributed by atoms with E-state index in [1.807, 2.05) is 29.2 Å². The minimum atomic E-state index is -0.106. The number of hydrogen-bond acceptors (Lipinski definition) is 3. The van der Waals surface area contributed by atoms with Crippen LogP contribution < -0.4 is 5.32 Å². The van der Waals surface area contributed by atoms with Crippen molar-refractivity contribution in [1.82, 2.24) is 4.90 Å². The fourth-order valence-corrected chi connectivity index (χ4v) is 5.68. The second kappa shape index (κ2) is 7.44. The molecule has 0 bridgehead atoms. The third-order valence-corrected chi connectivity index (χ3v) is 7.05. The summed E-state index contributed by atoms with van der Waals surface area (Å²) >= 11 is 1.80. The van der Waals surface area contributed by atoms with Crippen LogP contribution in [0.5, 0.6) is 0 Å². The van der Waals surface area contributed by atoms with E-state index >= 15 is 0 Å². The first-order valence-corrected chi connectivity index (χ1v) is 10.9. The molecule has 2 aliphatic rings. The van der Waals surface area contributed by atoms with Crippen molar-refractivity contribution in [2.75, 3.05) is 11.9 Å². The lowest BCUT2D eigenvalue weighted by molar-refractivity contribution is 0.0685. The highest BCUT2D eigenvalue weighted by Crippen LogP contribution is 2.44. The largest absolute Gasteiger partial charge is 0.352 e. The molecule has 1 N–H and O–H groups in total. The lowest BCUT2D eigenvalue weighted by Crippen LogP contribution is -2.43. The van der Waals surface area contributed by atoms with Gasteiger partial charge in [-0.25, -0.2) is 0 Å². The molecular formula is C24H24N2OS. The number of rotatable bonds is 4. The summed E-state index contributed by atoms with van der Waals surface area (Å²) in [6, 6.07) is 20.8. The van der Waals surface area contributed by atoms with Gasteiger partial charge in [0.25, 0.3) is 5.91 Å². The zero-order valence-electron chi connectivity index (χ0n) is 15.9. The quantitative estimate of drug-likeness (QED) is 0.646. The molecule has 28 heavy (non-hydrogen) atoms. The van der Waals surface area contributed by atoms with Gasteiger partial charge in [0.2, 0.25) is 0 Å². The SMILES string of the molecule is O=C1c2c(sc3c2CCCC3)N[C@H](c2ccccc2)N1CCc1ccccc1. The van der Waals surface area contributed by atoms with Crippen molar-refractivity contribution in [3.05, 3.63) is 87.8 Å². The van der Waals surface area contributed by atoms with Crippen molar-refractivity contribution in [1.29, 1.82) is 0 Å². The minimum Gasteiger partial charge on any atom is -0.352 e. The standard InChI is InChI=1S/C24H24N2OS/c27-24-21-19-13-7-8-14-20(19)28-23(21)25-22(18-11-5-2-6-12-18)26(24)16-15-17-9-3-1-4-10-17/h1-6,9-12,22,25H,7-8,13-16H2/t22-/m0/s1. The number of fused-ring (bicyclic) bond motifs is 3. The highest BCUT2D eigenvalue weighted by molar-refractivity contribution is 7.16. The molecule has 0 spiro atoms. The van der Waals surface area contributed by atoms with Crippen LogP contribution in [0.3, 0.4) is 0 Å². The van der Waals surface area contributed by atoms with E-state index in [4.69, 9.17) is 0 Å². The van der Waals surface area contributed by atoms with Crippen LogP contribution in [0.1, 0.15) is 50.9 Å². The van der Waals surface area contributed by atoms with E-state index in [-0.39, 0.29) is 12.1 Å². The normalized spacial score (nSPS) is 18.4. The van der Waals surface area contributed by atoms with Gasteiger partial charge in [-0.15, -0.1) is 11.3 Å². The summed E-state index contributed by atoms with van der Waals surface area (Å²) in [6.07, 6.45) is 5.33. The Kier molecular flexibility index (Phi) is 4.65. The molecule has 0 fully saturated rings. The van der Waals surface area contributed by atoms with Crippen molar-refractivity contribution in [2.45, 2.75) is 38.3 Å². The van der Waals surface area contributed by atoms with Gasteiger partial charge in [0.15, 0.2) is 0 Å². The molecule has 4 heteroatoms. The van der Waals surface area contributed by atoms with Crippen LogP contribution >= 0.6 is 11.3 Å². The summed E-state index contributed by atoms with van der Waals surface area (Å²) in [5.74, 6) is 0.193. The topological polar surface area (TPSA) is 32.3 Å². The number of anilines is 1. The first-order chi connectivity index (χ1) is 13.8. The van der Waals surface area contributed by atoms with Crippen molar-refractivity contribution in [3.63, 3.8) is 0 Å². The number of nitrogens with one attached hydrogen (secondary N) is 1. The molecule has 3 nitrogen and oxygen atoms in total. The van der Waals surface area contributed by atoms with Gasteiger partial charge in [-0.2, -0.15) is 0 Å². The monoisotopic (exact) mass is 388 g/mol. The molecule has 2 heterocycles. The van der Waals surface area contributed by atoms with E-state index in [0.717, 1.165) is 35.4 Å². The molecule has 1 amide bonds. The Morgan fingerprint density at radius 2 is 1.68 bits per heavy atom. The number of carbonyl (C=O) groups is 1. The average molecular weight is 389 g/mol. The van der Waals surface area contributed by atoms with E-state index in [9.17, 15) is 4.79 Å². The second-order valence-corrected chi connectivity index (χ2v) is 8.71. The van der Waals surface area contributed by atoms with Crippen LogP contribution in [-0.2, 0) is 19.3 Å². The van der Waals surface area contributed by atoms with Gasteiger partial charge in [-0.3, -0.25) is 4.79 Å². The average Bonchev–Trinajstić information content (AvgIpc) is 3.13. The van der Waals surface area contributed by atoms with Crippen LogP contribution in [0.2, 0.25) is 0 Å². The predicted octanol–water partition coefficient (Wildman–Crippen LogP) is 5.44. The van der Waals surface area contributed by atoms with Crippen LogP contribution in [0.25, 0.3) is 0 Å². The van der Waals surface area contributed by atoms with Crippen molar-refractivity contribution in [2.24, 2.45) is 0 Å². The van der Waals surface area contributed by atoms with Crippen LogP contribution in [0, 0.1) is 0 Å². The Morgan fingerprint density at radius 3 is 2.46 bits per heavy atom. The van der Waals surface area contributed by atoms with Crippen LogP contribution in [0.4, 0.5) is 5.00 Å². The zero-order chi connectivity index (χ0) is 18.9. The third kappa shape index (κ3) is 3.12. The highest BCUT2D eigenvalue weighted by atomic mass is 32.1. The first kappa shape index (κ1) is 17.5. The smallest absolute Gasteiger partial charge is 0.259 e. The van der Waals surface area contributed by atoms with Crippen LogP contribution in [-0.4, -0.2) is 17.4 Å². The molecule has 1 atom stereocenters. The molecule has 2 aromatic carbocycles. The zero-order valence-corrected chi connectivity index (χ0v) is 16.7. The number of hydrogen-bond donors (Lipinski definition) is 1. The lowest BCUT2D eigenvalue weighted by atomic mass is 9.93. The molecule has 1 aliphatic carbocycles. The van der Waals surface area contributed by atoms with Crippen molar-refractivity contribution in [3.8, 4) is 0 Å². The summed E-state index contributed by atoms with van der Waals surface area (Å²) in [7, 11) is 0. The Morgan fingerprint density at radius 1 is 0.964 bits per heavy atom. The molecule has 0 saturated carbocycles. The molecule has 0 unspecified atom stereocenters. The Bertz CT molecular complexity index is 981. The molecule has 1 aromatic heterocycles. The molecule has 142 valence electrons. The third-order valence-electron chi connectivity index (χ3n) is 5.83. The van der Waals surface area contributed by atoms with Gasteiger partial charge in [-0.1, -0.05) is 60.7 Å². The molecule has 0 saturated heterocycles. The molecule has 3 aromatic rings. The fourth-order valence-electron chi connectivity index (χ4n) is 4.38. The number of nitrogens with zero attached hydrogens (tertiary/aromatic N) is 1. The highest BCUT2D eigenvalue weighted by Gasteiger charge is 2.37. The van der Waals surface area contributed by atoms with Gasteiger partial charge in [0.1, 0.15) is 11.2 Å². The molecule has 5 rings (SSSR count). The van der Waals surface area contributed by atoms with E-state index < -0.39 is 0 Å². The van der Waals surface area contributed by atoms with Gasteiger partial charge in [0.05, 0.1) is 5.56 Å². The van der Waals surface area contributed by atoms with E-state index in [2.05, 4.69) is 41.7 Å². The van der Waals surface area contributed by atoms with E-state index in [0.29, 0.717) is 6.54 Å². The maximum atomic E-state index is 13.6. The first-order valence-electron chi connectivity index (χ1n) is 10.1. The van der Waals surface area contributed by atoms with Crippen LogP contribution in [0.15, 0.2) is 60.7 Å². The van der Waals surface area contributed by atoms with Gasteiger partial charge in [0, 0.05) is 11.4 Å². The number of amides is 1. The number of aryl methyl sites for hydroxylation is 1. The molecule has 1 aliphatic heterocycles. The molecular weight excluding hydrogens is 364 g/mol. The fraction of sp³-hybridized carbons (Fsp3) is 0.292. The Labute approximate surface area is 170 Å².